The van der Waals surface area contributed by atoms with Gasteiger partial charge in [-0.3, -0.25) is 15.1 Å². The van der Waals surface area contributed by atoms with Crippen LogP contribution in [0.25, 0.3) is 11.0 Å². The predicted molar refractivity (Wildman–Crippen MR) is 90.4 cm³/mol. The third-order valence-electron chi connectivity index (χ3n) is 3.44. The Hall–Kier alpha value is -2.08. The van der Waals surface area contributed by atoms with Gasteiger partial charge < -0.3 is 10.7 Å². The summed E-state index contributed by atoms with van der Waals surface area (Å²) in [4.78, 5) is 20.9. The minimum atomic E-state index is -0.240. The Morgan fingerprint density at radius 1 is 1.36 bits per heavy atom. The van der Waals surface area contributed by atoms with E-state index in [0.29, 0.717) is 12.1 Å². The first kappa shape index (κ1) is 18.0. The number of amides is 1. The summed E-state index contributed by atoms with van der Waals surface area (Å²) >= 11 is 0. The summed E-state index contributed by atoms with van der Waals surface area (Å²) in [6.45, 7) is 2.61. The Morgan fingerprint density at radius 2 is 2.14 bits per heavy atom. The number of aromatic amines is 1. The van der Waals surface area contributed by atoms with Crippen molar-refractivity contribution < 1.29 is 4.79 Å². The molecule has 0 aliphatic heterocycles. The minimum absolute atomic E-state index is 0. The molecule has 4 N–H and O–H groups in total. The second-order valence-electron chi connectivity index (χ2n) is 5.04. The lowest BCUT2D eigenvalue weighted by Gasteiger charge is -2.20. The van der Waals surface area contributed by atoms with Crippen molar-refractivity contribution in [2.24, 2.45) is 5.73 Å². The third-order valence-corrected chi connectivity index (χ3v) is 3.44. The van der Waals surface area contributed by atoms with Crippen LogP contribution in [0.1, 0.15) is 43.0 Å². The number of unbranched alkanes of at least 4 members (excludes halogenated alkanes) is 3. The van der Waals surface area contributed by atoms with Crippen LogP contribution in [0.3, 0.4) is 0 Å². The normalized spacial score (nSPS) is 10.2. The van der Waals surface area contributed by atoms with Crippen LogP contribution in [-0.2, 0) is 0 Å². The molecule has 0 radical (unpaired) electrons. The fourth-order valence-electron chi connectivity index (χ4n) is 2.25. The number of nitrogens with two attached hydrogens (primary N) is 1. The van der Waals surface area contributed by atoms with Crippen LogP contribution in [0.2, 0.25) is 0 Å². The highest BCUT2D eigenvalue weighted by molar-refractivity contribution is 6.05. The van der Waals surface area contributed by atoms with E-state index in [1.807, 2.05) is 0 Å². The number of halogens is 1. The van der Waals surface area contributed by atoms with E-state index in [0.717, 1.165) is 36.7 Å². The summed E-state index contributed by atoms with van der Waals surface area (Å²) in [5, 5.41) is 7.61. The third kappa shape index (κ3) is 4.21. The van der Waals surface area contributed by atoms with Gasteiger partial charge in [-0.25, -0.2) is 4.98 Å². The molecule has 22 heavy (non-hydrogen) atoms. The molecule has 1 amide bonds. The van der Waals surface area contributed by atoms with Gasteiger partial charge in [0.25, 0.3) is 5.91 Å². The molecule has 0 saturated heterocycles. The maximum absolute atomic E-state index is 12.5. The molecular formula is C15H22ClN5O. The Morgan fingerprint density at radius 3 is 2.82 bits per heavy atom. The van der Waals surface area contributed by atoms with Gasteiger partial charge in [0, 0.05) is 12.1 Å². The summed E-state index contributed by atoms with van der Waals surface area (Å²) in [6.07, 6.45) is 5.73. The van der Waals surface area contributed by atoms with E-state index in [1.165, 1.54) is 4.90 Å². The van der Waals surface area contributed by atoms with Gasteiger partial charge in [-0.2, -0.15) is 0 Å². The monoisotopic (exact) mass is 323 g/mol. The SMILES string of the molecule is CCCCCCN(C(=N)N)C(=O)c1ccc2nc[nH]c2c1.Cl. The molecule has 0 spiro atoms. The van der Waals surface area contributed by atoms with E-state index in [-0.39, 0.29) is 24.3 Å². The van der Waals surface area contributed by atoms with Gasteiger partial charge in [0.05, 0.1) is 17.4 Å². The zero-order valence-electron chi connectivity index (χ0n) is 12.6. The molecule has 2 rings (SSSR count). The quantitative estimate of drug-likeness (QED) is 0.433. The number of nitrogens with one attached hydrogen (secondary N) is 2. The van der Waals surface area contributed by atoms with Crippen LogP contribution in [0.4, 0.5) is 0 Å². The molecule has 6 nitrogen and oxygen atoms in total. The average molecular weight is 324 g/mol. The molecule has 0 aliphatic rings. The maximum Gasteiger partial charge on any atom is 0.260 e. The first-order valence-corrected chi connectivity index (χ1v) is 7.22. The van der Waals surface area contributed by atoms with Crippen molar-refractivity contribution in [1.29, 1.82) is 5.41 Å². The van der Waals surface area contributed by atoms with Crippen molar-refractivity contribution in [1.82, 2.24) is 14.9 Å². The van der Waals surface area contributed by atoms with Gasteiger partial charge in [0.2, 0.25) is 0 Å². The van der Waals surface area contributed by atoms with Crippen LogP contribution in [0.5, 0.6) is 0 Å². The molecule has 0 bridgehead atoms. The Labute approximate surface area is 136 Å². The van der Waals surface area contributed by atoms with Crippen LogP contribution < -0.4 is 5.73 Å². The van der Waals surface area contributed by atoms with Crippen LogP contribution >= 0.6 is 12.4 Å². The smallest absolute Gasteiger partial charge is 0.260 e. The van der Waals surface area contributed by atoms with E-state index in [9.17, 15) is 4.79 Å². The van der Waals surface area contributed by atoms with Crippen molar-refractivity contribution in [3.63, 3.8) is 0 Å². The highest BCUT2D eigenvalue weighted by Gasteiger charge is 2.18. The van der Waals surface area contributed by atoms with E-state index in [4.69, 9.17) is 11.1 Å². The number of nitrogens with zero attached hydrogens (tertiary/aromatic N) is 2. The summed E-state index contributed by atoms with van der Waals surface area (Å²) in [5.41, 5.74) is 7.67. The molecular weight excluding hydrogens is 302 g/mol. The number of carbonyl (C=O) groups excluding carboxylic acids is 1. The molecule has 1 heterocycles. The average Bonchev–Trinajstić information content (AvgIpc) is 2.93. The number of guanidine groups is 1. The van der Waals surface area contributed by atoms with Gasteiger partial charge in [-0.1, -0.05) is 26.2 Å². The lowest BCUT2D eigenvalue weighted by atomic mass is 10.1. The lowest BCUT2D eigenvalue weighted by molar-refractivity contribution is 0.0843. The number of aromatic nitrogens is 2. The van der Waals surface area contributed by atoms with Gasteiger partial charge in [0.15, 0.2) is 5.96 Å². The second-order valence-corrected chi connectivity index (χ2v) is 5.04. The maximum atomic E-state index is 12.5. The number of fused-ring (bicyclic) bond motifs is 1. The van der Waals surface area contributed by atoms with E-state index in [1.54, 1.807) is 24.5 Å². The number of rotatable bonds is 6. The van der Waals surface area contributed by atoms with Crippen LogP contribution in [0, 0.1) is 5.41 Å². The van der Waals surface area contributed by atoms with Crippen molar-refractivity contribution >= 4 is 35.3 Å². The molecule has 120 valence electrons. The summed E-state index contributed by atoms with van der Waals surface area (Å²) in [5.74, 6) is -0.447. The Bertz CT molecular complexity index is 640. The molecule has 0 atom stereocenters. The second kappa shape index (κ2) is 8.38. The zero-order valence-corrected chi connectivity index (χ0v) is 13.4. The summed E-state index contributed by atoms with van der Waals surface area (Å²) in [6, 6.07) is 5.24. The van der Waals surface area contributed by atoms with Crippen molar-refractivity contribution in [3.05, 3.63) is 30.1 Å². The summed E-state index contributed by atoms with van der Waals surface area (Å²) < 4.78 is 0. The molecule has 2 aromatic rings. The summed E-state index contributed by atoms with van der Waals surface area (Å²) in [7, 11) is 0. The predicted octanol–water partition coefficient (Wildman–Crippen LogP) is 2.90. The van der Waals surface area contributed by atoms with E-state index >= 15 is 0 Å². The topological polar surface area (TPSA) is 98.9 Å². The number of hydrogen-bond donors (Lipinski definition) is 3. The molecule has 0 unspecified atom stereocenters. The number of imidazole rings is 1. The van der Waals surface area contributed by atoms with E-state index in [2.05, 4.69) is 16.9 Å². The van der Waals surface area contributed by atoms with Gasteiger partial charge in [-0.05, 0) is 24.6 Å². The number of benzene rings is 1. The first-order valence-electron chi connectivity index (χ1n) is 7.22. The van der Waals surface area contributed by atoms with Gasteiger partial charge >= 0.3 is 0 Å². The number of hydrogen-bond acceptors (Lipinski definition) is 3. The Kier molecular flexibility index (Phi) is 6.85. The van der Waals surface area contributed by atoms with Crippen LogP contribution in [-0.4, -0.2) is 33.3 Å². The van der Waals surface area contributed by atoms with Crippen molar-refractivity contribution in [3.8, 4) is 0 Å². The van der Waals surface area contributed by atoms with Gasteiger partial charge in [-0.15, -0.1) is 12.4 Å². The van der Waals surface area contributed by atoms with Crippen molar-refractivity contribution in [2.45, 2.75) is 32.6 Å². The lowest BCUT2D eigenvalue weighted by Crippen LogP contribution is -2.41. The molecule has 7 heteroatoms. The first-order chi connectivity index (χ1) is 10.1. The fraction of sp³-hybridized carbons (Fsp3) is 0.400. The molecule has 1 aromatic carbocycles. The molecule has 0 aliphatic carbocycles. The largest absolute Gasteiger partial charge is 0.370 e. The Balaban J connectivity index is 0.00000242. The fourth-order valence-corrected chi connectivity index (χ4v) is 2.25. The van der Waals surface area contributed by atoms with E-state index < -0.39 is 0 Å². The van der Waals surface area contributed by atoms with Gasteiger partial charge in [0.1, 0.15) is 0 Å². The number of H-pyrrole nitrogens is 1. The molecule has 0 fully saturated rings. The van der Waals surface area contributed by atoms with Crippen molar-refractivity contribution in [2.75, 3.05) is 6.54 Å². The highest BCUT2D eigenvalue weighted by Crippen LogP contribution is 2.14. The standard InChI is InChI=1S/C15H21N5O.ClH/c1-2-3-4-5-8-20(15(16)17)14(21)11-6-7-12-13(9-11)19-10-18-12;/h6-7,9-10H,2-5,8H2,1H3,(H3,16,17)(H,18,19);1H. The highest BCUT2D eigenvalue weighted by atomic mass is 35.5. The minimum Gasteiger partial charge on any atom is -0.370 e. The van der Waals surface area contributed by atoms with Crippen LogP contribution in [0.15, 0.2) is 24.5 Å². The molecule has 1 aromatic heterocycles. The molecule has 0 saturated carbocycles. The number of carbonyl (C=O) groups is 1. The zero-order chi connectivity index (χ0) is 15.2.